The number of thiazole rings is 2. The number of rotatable bonds is 2. The number of anilines is 1. The second kappa shape index (κ2) is 5.66. The van der Waals surface area contributed by atoms with E-state index >= 15 is 0 Å². The van der Waals surface area contributed by atoms with Gasteiger partial charge in [0.25, 0.3) is 5.91 Å². The number of amides is 1. The van der Waals surface area contributed by atoms with E-state index < -0.39 is 43.3 Å². The molecule has 0 fully saturated rings. The molecule has 0 bridgehead atoms. The van der Waals surface area contributed by atoms with Crippen LogP contribution in [0.15, 0.2) is 6.20 Å². The standard InChI is InChI=1S/C9H2ClF6N3OS2/c10-6-18-4(9(14,15)16)3(22-6)5(20)19-7-17-1-2(21-7)8(11,12)13/h1H,(H,17,19,20). The van der Waals surface area contributed by atoms with Crippen LogP contribution in [0.2, 0.25) is 4.47 Å². The van der Waals surface area contributed by atoms with Crippen LogP contribution in [0.3, 0.4) is 0 Å². The number of halogens is 7. The number of alkyl halides is 6. The first-order chi connectivity index (χ1) is 9.98. The van der Waals surface area contributed by atoms with Crippen LogP contribution in [0.4, 0.5) is 31.5 Å². The van der Waals surface area contributed by atoms with Crippen molar-refractivity contribution in [1.82, 2.24) is 9.97 Å². The minimum atomic E-state index is -4.92. The zero-order chi connectivity index (χ0) is 16.7. The fraction of sp³-hybridized carbons (Fsp3) is 0.222. The van der Waals surface area contributed by atoms with Gasteiger partial charge >= 0.3 is 12.4 Å². The van der Waals surface area contributed by atoms with Gasteiger partial charge in [0, 0.05) is 0 Å². The Morgan fingerprint density at radius 2 is 1.77 bits per heavy atom. The predicted molar refractivity (Wildman–Crippen MR) is 67.2 cm³/mol. The Hall–Kier alpha value is -1.40. The fourth-order valence-electron chi connectivity index (χ4n) is 1.26. The largest absolute Gasteiger partial charge is 0.435 e. The van der Waals surface area contributed by atoms with Gasteiger partial charge in [0.1, 0.15) is 9.75 Å². The van der Waals surface area contributed by atoms with Crippen LogP contribution in [0, 0.1) is 0 Å². The van der Waals surface area contributed by atoms with E-state index in [9.17, 15) is 31.1 Å². The molecule has 0 aliphatic heterocycles. The molecule has 120 valence electrons. The van der Waals surface area contributed by atoms with Gasteiger partial charge in [0.2, 0.25) is 0 Å². The third-order valence-electron chi connectivity index (χ3n) is 2.08. The summed E-state index contributed by atoms with van der Waals surface area (Å²) in [5, 5.41) is 1.37. The molecule has 0 aliphatic rings. The van der Waals surface area contributed by atoms with E-state index in [1.165, 1.54) is 0 Å². The lowest BCUT2D eigenvalue weighted by atomic mass is 10.3. The lowest BCUT2D eigenvalue weighted by Crippen LogP contribution is -2.17. The van der Waals surface area contributed by atoms with Gasteiger partial charge in [-0.25, -0.2) is 9.97 Å². The Morgan fingerprint density at radius 3 is 2.27 bits per heavy atom. The molecule has 0 unspecified atom stereocenters. The Labute approximate surface area is 130 Å². The summed E-state index contributed by atoms with van der Waals surface area (Å²) in [7, 11) is 0. The third-order valence-corrected chi connectivity index (χ3v) is 4.20. The second-order valence-corrected chi connectivity index (χ2v) is 6.24. The SMILES string of the molecule is O=C(Nc1ncc(C(F)(F)F)s1)c1sc(Cl)nc1C(F)(F)F. The molecule has 1 N–H and O–H groups in total. The molecule has 2 aromatic heterocycles. The molecule has 0 saturated heterocycles. The summed E-state index contributed by atoms with van der Waals surface area (Å²) in [5.74, 6) is -1.29. The van der Waals surface area contributed by atoms with Crippen LogP contribution in [0.5, 0.6) is 0 Å². The molecule has 22 heavy (non-hydrogen) atoms. The van der Waals surface area contributed by atoms with Crippen LogP contribution in [-0.2, 0) is 12.4 Å². The minimum Gasteiger partial charge on any atom is -0.297 e. The summed E-state index contributed by atoms with van der Waals surface area (Å²) in [5.41, 5.74) is -1.51. The van der Waals surface area contributed by atoms with Crippen molar-refractivity contribution in [3.8, 4) is 0 Å². The lowest BCUT2D eigenvalue weighted by Gasteiger charge is -2.05. The van der Waals surface area contributed by atoms with Crippen LogP contribution in [0.1, 0.15) is 20.2 Å². The van der Waals surface area contributed by atoms with E-state index in [4.69, 9.17) is 11.6 Å². The van der Waals surface area contributed by atoms with Gasteiger partial charge in [-0.05, 0) is 0 Å². The number of carbonyl (C=O) groups is 1. The molecule has 1 amide bonds. The molecular formula is C9H2ClF6N3OS2. The maximum atomic E-state index is 12.7. The molecule has 4 nitrogen and oxygen atoms in total. The highest BCUT2D eigenvalue weighted by Gasteiger charge is 2.40. The van der Waals surface area contributed by atoms with Crippen molar-refractivity contribution in [3.63, 3.8) is 0 Å². The number of nitrogens with one attached hydrogen (secondary N) is 1. The van der Waals surface area contributed by atoms with E-state index in [0.717, 1.165) is 0 Å². The average molecular weight is 382 g/mol. The van der Waals surface area contributed by atoms with E-state index in [-0.39, 0.29) is 22.7 Å². The quantitative estimate of drug-likeness (QED) is 0.777. The van der Waals surface area contributed by atoms with Gasteiger partial charge in [-0.2, -0.15) is 26.3 Å². The summed E-state index contributed by atoms with van der Waals surface area (Å²) in [6.07, 6.45) is -9.12. The summed E-state index contributed by atoms with van der Waals surface area (Å²) in [4.78, 5) is 16.1. The van der Waals surface area contributed by atoms with Gasteiger partial charge in [-0.3, -0.25) is 10.1 Å². The monoisotopic (exact) mass is 381 g/mol. The van der Waals surface area contributed by atoms with Crippen molar-refractivity contribution < 1.29 is 31.1 Å². The molecule has 2 rings (SSSR count). The first kappa shape index (κ1) is 17.0. The number of hydrogen-bond acceptors (Lipinski definition) is 5. The average Bonchev–Trinajstić information content (AvgIpc) is 2.93. The maximum absolute atomic E-state index is 12.7. The molecule has 0 spiro atoms. The van der Waals surface area contributed by atoms with Gasteiger partial charge in [0.05, 0.1) is 6.20 Å². The van der Waals surface area contributed by atoms with E-state index in [0.29, 0.717) is 6.20 Å². The number of aromatic nitrogens is 2. The smallest absolute Gasteiger partial charge is 0.297 e. The van der Waals surface area contributed by atoms with Crippen molar-refractivity contribution in [2.75, 3.05) is 5.32 Å². The Kier molecular flexibility index (Phi) is 4.37. The number of hydrogen-bond donors (Lipinski definition) is 1. The van der Waals surface area contributed by atoms with Gasteiger partial charge < -0.3 is 0 Å². The van der Waals surface area contributed by atoms with Crippen molar-refractivity contribution in [3.05, 3.63) is 26.1 Å². The predicted octanol–water partition coefficient (Wildman–Crippen LogP) is 4.54. The van der Waals surface area contributed by atoms with Crippen molar-refractivity contribution >= 4 is 45.3 Å². The Bertz CT molecular complexity index is 707. The minimum absolute atomic E-state index is 0.0849. The van der Waals surface area contributed by atoms with E-state index in [2.05, 4.69) is 9.97 Å². The maximum Gasteiger partial charge on any atom is 0.435 e. The molecule has 13 heteroatoms. The zero-order valence-corrected chi connectivity index (χ0v) is 12.2. The molecule has 0 radical (unpaired) electrons. The summed E-state index contributed by atoms with van der Waals surface area (Å²) < 4.78 is 74.6. The first-order valence-corrected chi connectivity index (χ1v) is 7.07. The molecule has 2 aromatic rings. The molecule has 2 heterocycles. The molecule has 0 aliphatic carbocycles. The molecular weight excluding hydrogens is 380 g/mol. The normalized spacial score (nSPS) is 12.5. The highest BCUT2D eigenvalue weighted by Crippen LogP contribution is 2.38. The Balaban J connectivity index is 2.25. The van der Waals surface area contributed by atoms with Crippen LogP contribution >= 0.6 is 34.3 Å². The Morgan fingerprint density at radius 1 is 1.14 bits per heavy atom. The summed E-state index contributed by atoms with van der Waals surface area (Å²) in [6, 6.07) is 0. The van der Waals surface area contributed by atoms with E-state index in [1.807, 2.05) is 5.32 Å². The fourth-order valence-corrected chi connectivity index (χ4v) is 2.96. The van der Waals surface area contributed by atoms with Crippen LogP contribution in [-0.4, -0.2) is 15.9 Å². The third kappa shape index (κ3) is 3.67. The zero-order valence-electron chi connectivity index (χ0n) is 9.84. The molecule has 0 aromatic carbocycles. The highest BCUT2D eigenvalue weighted by molar-refractivity contribution is 7.18. The van der Waals surface area contributed by atoms with Gasteiger partial charge in [-0.1, -0.05) is 34.3 Å². The summed E-state index contributed by atoms with van der Waals surface area (Å²) in [6.45, 7) is 0. The van der Waals surface area contributed by atoms with Crippen molar-refractivity contribution in [2.24, 2.45) is 0 Å². The van der Waals surface area contributed by atoms with Crippen molar-refractivity contribution in [1.29, 1.82) is 0 Å². The molecule has 0 atom stereocenters. The second-order valence-electron chi connectivity index (χ2n) is 3.62. The lowest BCUT2D eigenvalue weighted by molar-refractivity contribution is -0.141. The van der Waals surface area contributed by atoms with Crippen molar-refractivity contribution in [2.45, 2.75) is 12.4 Å². The summed E-state index contributed by atoms with van der Waals surface area (Å²) >= 11 is 5.69. The van der Waals surface area contributed by atoms with Crippen LogP contribution < -0.4 is 5.32 Å². The van der Waals surface area contributed by atoms with Gasteiger partial charge in [0.15, 0.2) is 15.3 Å². The van der Waals surface area contributed by atoms with Gasteiger partial charge in [-0.15, -0.1) is 0 Å². The topological polar surface area (TPSA) is 54.9 Å². The van der Waals surface area contributed by atoms with E-state index in [1.54, 1.807) is 0 Å². The first-order valence-electron chi connectivity index (χ1n) is 5.06. The number of carbonyl (C=O) groups excluding carboxylic acids is 1. The highest BCUT2D eigenvalue weighted by atomic mass is 35.5. The van der Waals surface area contributed by atoms with Crippen LogP contribution in [0.25, 0.3) is 0 Å². The molecule has 0 saturated carbocycles. The number of nitrogens with zero attached hydrogens (tertiary/aromatic N) is 2.